The molecule has 1 saturated heterocycles. The Morgan fingerprint density at radius 2 is 1.79 bits per heavy atom. The van der Waals surface area contributed by atoms with Crippen LogP contribution >= 0.6 is 11.8 Å². The number of hydrogen-bond acceptors (Lipinski definition) is 4. The molecule has 2 aromatic carbocycles. The maximum absolute atomic E-state index is 13.0. The molecule has 2 heterocycles. The summed E-state index contributed by atoms with van der Waals surface area (Å²) in [6.07, 6.45) is 3.80. The summed E-state index contributed by atoms with van der Waals surface area (Å²) in [6.45, 7) is 0. The summed E-state index contributed by atoms with van der Waals surface area (Å²) >= 11 is 1.26. The maximum Gasteiger partial charge on any atom is 0.264 e. The van der Waals surface area contributed by atoms with E-state index >= 15 is 0 Å². The smallest absolute Gasteiger partial charge is 0.264 e. The summed E-state index contributed by atoms with van der Waals surface area (Å²) in [4.78, 5) is 19.3. The fraction of sp³-hybridized carbons (Fsp3) is 0.0909. The van der Waals surface area contributed by atoms with Crippen LogP contribution in [0, 0.1) is 5.82 Å². The lowest BCUT2D eigenvalue weighted by Gasteiger charge is -2.13. The second-order valence-electron chi connectivity index (χ2n) is 6.67. The van der Waals surface area contributed by atoms with Gasteiger partial charge in [0.1, 0.15) is 5.82 Å². The van der Waals surface area contributed by atoms with Gasteiger partial charge >= 0.3 is 0 Å². The van der Waals surface area contributed by atoms with Crippen LogP contribution in [0.25, 0.3) is 11.8 Å². The van der Waals surface area contributed by atoms with Crippen molar-refractivity contribution in [1.29, 1.82) is 0 Å². The van der Waals surface area contributed by atoms with E-state index in [0.29, 0.717) is 15.8 Å². The summed E-state index contributed by atoms with van der Waals surface area (Å²) in [6, 6.07) is 17.9. The first-order valence-electron chi connectivity index (χ1n) is 9.00. The summed E-state index contributed by atoms with van der Waals surface area (Å²) in [7, 11) is 4.00. The first-order valence-corrected chi connectivity index (χ1v) is 9.81. The normalized spacial score (nSPS) is 16.4. The highest BCUT2D eigenvalue weighted by atomic mass is 32.2. The molecule has 0 atom stereocenters. The van der Waals surface area contributed by atoms with Crippen LogP contribution in [0.5, 0.6) is 0 Å². The quantitative estimate of drug-likeness (QED) is 0.646. The summed E-state index contributed by atoms with van der Waals surface area (Å²) in [5.41, 5.74) is 3.60. The fourth-order valence-electron chi connectivity index (χ4n) is 2.91. The van der Waals surface area contributed by atoms with Gasteiger partial charge in [-0.15, -0.1) is 0 Å². The van der Waals surface area contributed by atoms with E-state index in [4.69, 9.17) is 0 Å². The molecule has 1 aliphatic heterocycles. The number of thioether (sulfide) groups is 1. The molecule has 146 valence electrons. The van der Waals surface area contributed by atoms with Gasteiger partial charge in [0, 0.05) is 37.4 Å². The zero-order valence-electron chi connectivity index (χ0n) is 16.0. The average molecular weight is 406 g/mol. The van der Waals surface area contributed by atoms with Crippen LogP contribution < -0.4 is 10.2 Å². The number of carbonyl (C=O) groups excluding carboxylic acids is 1. The van der Waals surface area contributed by atoms with Gasteiger partial charge in [0.2, 0.25) is 0 Å². The predicted molar refractivity (Wildman–Crippen MR) is 117 cm³/mol. The number of halogens is 1. The molecule has 1 fully saturated rings. The molecule has 1 aromatic heterocycles. The number of nitrogens with zero attached hydrogens (tertiary/aromatic N) is 3. The van der Waals surface area contributed by atoms with Gasteiger partial charge in [0.15, 0.2) is 5.17 Å². The first-order chi connectivity index (χ1) is 14.0. The van der Waals surface area contributed by atoms with Gasteiger partial charge in [0.05, 0.1) is 10.6 Å². The third kappa shape index (κ3) is 4.25. The van der Waals surface area contributed by atoms with E-state index in [1.165, 1.54) is 23.9 Å². The largest absolute Gasteiger partial charge is 0.378 e. The number of carbonyl (C=O) groups is 1. The van der Waals surface area contributed by atoms with Crippen molar-refractivity contribution in [3.8, 4) is 5.69 Å². The minimum absolute atomic E-state index is 0.202. The van der Waals surface area contributed by atoms with Crippen molar-refractivity contribution in [2.45, 2.75) is 0 Å². The Hall–Kier alpha value is -3.32. The Morgan fingerprint density at radius 1 is 1.07 bits per heavy atom. The van der Waals surface area contributed by atoms with Crippen molar-refractivity contribution in [1.82, 2.24) is 9.88 Å². The van der Waals surface area contributed by atoms with Gasteiger partial charge in [-0.3, -0.25) is 4.79 Å². The average Bonchev–Trinajstić information content (AvgIpc) is 3.30. The molecule has 0 radical (unpaired) electrons. The van der Waals surface area contributed by atoms with Gasteiger partial charge < -0.3 is 14.8 Å². The molecule has 1 amide bonds. The van der Waals surface area contributed by atoms with Gasteiger partial charge in [-0.1, -0.05) is 0 Å². The van der Waals surface area contributed by atoms with E-state index in [2.05, 4.69) is 22.4 Å². The van der Waals surface area contributed by atoms with E-state index in [9.17, 15) is 9.18 Å². The number of amidine groups is 1. The van der Waals surface area contributed by atoms with Crippen LogP contribution in [0.3, 0.4) is 0 Å². The van der Waals surface area contributed by atoms with Crippen LogP contribution in [0.4, 0.5) is 15.8 Å². The van der Waals surface area contributed by atoms with Crippen molar-refractivity contribution in [3.05, 3.63) is 83.3 Å². The van der Waals surface area contributed by atoms with E-state index in [-0.39, 0.29) is 11.7 Å². The van der Waals surface area contributed by atoms with Crippen molar-refractivity contribution in [2.24, 2.45) is 4.99 Å². The molecular weight excluding hydrogens is 387 g/mol. The number of benzene rings is 2. The molecule has 0 aliphatic carbocycles. The van der Waals surface area contributed by atoms with Crippen molar-refractivity contribution in [3.63, 3.8) is 0 Å². The minimum Gasteiger partial charge on any atom is -0.378 e. The monoisotopic (exact) mass is 406 g/mol. The molecule has 5 nitrogen and oxygen atoms in total. The van der Waals surface area contributed by atoms with E-state index in [0.717, 1.165) is 17.1 Å². The number of aliphatic imine (C=N–C) groups is 1. The lowest BCUT2D eigenvalue weighted by Crippen LogP contribution is -2.19. The zero-order chi connectivity index (χ0) is 20.4. The molecule has 3 aromatic rings. The molecule has 1 N–H and O–H groups in total. The standard InChI is InChI=1S/C22H19FN4OS/c1-26(2)17-9-11-18(12-10-17)27-13-3-4-19(27)14-20-21(28)25-22(29-20)24-16-7-5-15(23)6-8-16/h3-14H,1-2H3,(H,24,25,28)/b20-14+. The molecule has 0 unspecified atom stereocenters. The number of aromatic nitrogens is 1. The highest BCUT2D eigenvalue weighted by molar-refractivity contribution is 8.18. The Bertz CT molecular complexity index is 1100. The topological polar surface area (TPSA) is 49.6 Å². The van der Waals surface area contributed by atoms with Crippen LogP contribution in [-0.4, -0.2) is 29.7 Å². The Kier molecular flexibility index (Phi) is 5.22. The highest BCUT2D eigenvalue weighted by Crippen LogP contribution is 2.29. The number of nitrogens with one attached hydrogen (secondary N) is 1. The van der Waals surface area contributed by atoms with Gasteiger partial charge in [0.25, 0.3) is 5.91 Å². The third-order valence-electron chi connectivity index (χ3n) is 4.41. The molecule has 0 bridgehead atoms. The van der Waals surface area contributed by atoms with Crippen molar-refractivity contribution < 1.29 is 9.18 Å². The summed E-state index contributed by atoms with van der Waals surface area (Å²) < 4.78 is 15.1. The number of anilines is 1. The molecule has 29 heavy (non-hydrogen) atoms. The number of hydrogen-bond donors (Lipinski definition) is 1. The Balaban J connectivity index is 1.58. The minimum atomic E-state index is -0.322. The van der Waals surface area contributed by atoms with E-state index < -0.39 is 0 Å². The SMILES string of the molecule is CN(C)c1ccc(-n2cccc2/C=C2/SC(=Nc3ccc(F)cc3)NC2=O)cc1. The lowest BCUT2D eigenvalue weighted by atomic mass is 10.2. The van der Waals surface area contributed by atoms with Crippen LogP contribution in [0.2, 0.25) is 0 Å². The lowest BCUT2D eigenvalue weighted by molar-refractivity contribution is -0.115. The summed E-state index contributed by atoms with van der Waals surface area (Å²) in [5, 5.41) is 3.23. The Labute approximate surface area is 172 Å². The van der Waals surface area contributed by atoms with Crippen molar-refractivity contribution >= 4 is 40.3 Å². The van der Waals surface area contributed by atoms with Gasteiger partial charge in [-0.05, 0) is 78.5 Å². The first kappa shape index (κ1) is 19.0. The van der Waals surface area contributed by atoms with Crippen molar-refractivity contribution in [2.75, 3.05) is 19.0 Å². The molecule has 0 spiro atoms. The fourth-order valence-corrected chi connectivity index (χ4v) is 3.73. The van der Waals surface area contributed by atoms with Gasteiger partial charge in [-0.25, -0.2) is 9.38 Å². The van der Waals surface area contributed by atoms with Gasteiger partial charge in [-0.2, -0.15) is 0 Å². The van der Waals surface area contributed by atoms with E-state index in [1.807, 2.05) is 60.1 Å². The zero-order valence-corrected chi connectivity index (χ0v) is 16.8. The van der Waals surface area contributed by atoms with Crippen LogP contribution in [0.15, 0.2) is 76.8 Å². The molecule has 0 saturated carbocycles. The highest BCUT2D eigenvalue weighted by Gasteiger charge is 2.24. The molecule has 7 heteroatoms. The van der Waals surface area contributed by atoms with Crippen LogP contribution in [0.1, 0.15) is 5.69 Å². The molecule has 1 aliphatic rings. The molecule has 4 rings (SSSR count). The Morgan fingerprint density at radius 3 is 2.48 bits per heavy atom. The number of amides is 1. The van der Waals surface area contributed by atoms with Crippen LogP contribution in [-0.2, 0) is 4.79 Å². The maximum atomic E-state index is 13.0. The number of rotatable bonds is 4. The third-order valence-corrected chi connectivity index (χ3v) is 5.32. The molecular formula is C22H19FN4OS. The summed E-state index contributed by atoms with van der Waals surface area (Å²) in [5.74, 6) is -0.524. The second kappa shape index (κ2) is 7.97. The predicted octanol–water partition coefficient (Wildman–Crippen LogP) is 4.57. The second-order valence-corrected chi connectivity index (χ2v) is 7.70. The van der Waals surface area contributed by atoms with E-state index in [1.54, 1.807) is 12.1 Å².